The van der Waals surface area contributed by atoms with Crippen LogP contribution in [0.15, 0.2) is 23.1 Å². The Kier molecular flexibility index (Phi) is 3.85. The first-order chi connectivity index (χ1) is 10.1. The van der Waals surface area contributed by atoms with Gasteiger partial charge in [0.1, 0.15) is 5.82 Å². The molecule has 0 radical (unpaired) electrons. The van der Waals surface area contributed by atoms with Crippen LogP contribution in [-0.2, 0) is 18.3 Å². The molecule has 0 amide bonds. The summed E-state index contributed by atoms with van der Waals surface area (Å²) in [5, 5.41) is 4.20. The normalized spacial score (nSPS) is 19.8. The van der Waals surface area contributed by atoms with Crippen LogP contribution in [0.3, 0.4) is 0 Å². The number of rotatable bonds is 3. The first-order valence-electron chi connectivity index (χ1n) is 7.00. The van der Waals surface area contributed by atoms with Gasteiger partial charge in [-0.1, -0.05) is 0 Å². The van der Waals surface area contributed by atoms with Gasteiger partial charge in [0.05, 0.1) is 30.6 Å². The highest BCUT2D eigenvalue weighted by Crippen LogP contribution is 2.23. The topological polar surface area (TPSA) is 76.0 Å². The van der Waals surface area contributed by atoms with Crippen molar-refractivity contribution < 1.29 is 4.74 Å². The van der Waals surface area contributed by atoms with Crippen LogP contribution in [0.4, 0.5) is 0 Å². The third-order valence-corrected chi connectivity index (χ3v) is 3.75. The monoisotopic (exact) mass is 289 g/mol. The number of nitrogens with zero attached hydrogens (tertiary/aromatic N) is 4. The Hall–Kier alpha value is -1.99. The van der Waals surface area contributed by atoms with Crippen molar-refractivity contribution in [3.05, 3.63) is 45.9 Å². The first-order valence-corrected chi connectivity index (χ1v) is 7.00. The Morgan fingerprint density at radius 2 is 2.38 bits per heavy atom. The molecule has 112 valence electrons. The molecule has 1 aliphatic rings. The van der Waals surface area contributed by atoms with Crippen molar-refractivity contribution in [2.24, 2.45) is 7.05 Å². The second-order valence-electron chi connectivity index (χ2n) is 5.26. The van der Waals surface area contributed by atoms with Crippen LogP contribution < -0.4 is 5.56 Å². The van der Waals surface area contributed by atoms with E-state index in [4.69, 9.17) is 4.74 Å². The Morgan fingerprint density at radius 3 is 3.10 bits per heavy atom. The van der Waals surface area contributed by atoms with Gasteiger partial charge in [0.2, 0.25) is 0 Å². The van der Waals surface area contributed by atoms with Crippen LogP contribution in [0, 0.1) is 6.92 Å². The van der Waals surface area contributed by atoms with Crippen molar-refractivity contribution >= 4 is 0 Å². The Morgan fingerprint density at radius 1 is 1.52 bits per heavy atom. The number of nitrogens with one attached hydrogen (secondary N) is 1. The van der Waals surface area contributed by atoms with E-state index < -0.39 is 0 Å². The molecule has 0 bridgehead atoms. The molecule has 0 aromatic carbocycles. The van der Waals surface area contributed by atoms with Gasteiger partial charge in [-0.15, -0.1) is 0 Å². The molecule has 0 spiro atoms. The summed E-state index contributed by atoms with van der Waals surface area (Å²) in [5.41, 5.74) is 1.77. The molecule has 0 aliphatic carbocycles. The van der Waals surface area contributed by atoms with Crippen LogP contribution >= 0.6 is 0 Å². The Bertz CT molecular complexity index is 678. The van der Waals surface area contributed by atoms with Gasteiger partial charge in [0, 0.05) is 32.4 Å². The van der Waals surface area contributed by atoms with E-state index in [0.29, 0.717) is 19.0 Å². The maximum absolute atomic E-state index is 11.7. The highest BCUT2D eigenvalue weighted by atomic mass is 16.5. The molecule has 3 rings (SSSR count). The minimum Gasteiger partial charge on any atom is -0.378 e. The van der Waals surface area contributed by atoms with Crippen molar-refractivity contribution in [2.45, 2.75) is 19.5 Å². The predicted octanol–water partition coefficient (Wildman–Crippen LogP) is 0.385. The number of aromatic nitrogens is 4. The lowest BCUT2D eigenvalue weighted by molar-refractivity contribution is -0.0153. The van der Waals surface area contributed by atoms with Gasteiger partial charge in [-0.05, 0) is 13.0 Å². The summed E-state index contributed by atoms with van der Waals surface area (Å²) in [6.45, 7) is 4.60. The SMILES string of the molecule is Cc1nc([C@@H]2COCCN2Cc2ccnn2C)cc(=O)[nH]1. The third kappa shape index (κ3) is 3.03. The van der Waals surface area contributed by atoms with Gasteiger partial charge in [0.25, 0.3) is 5.56 Å². The van der Waals surface area contributed by atoms with Gasteiger partial charge >= 0.3 is 0 Å². The van der Waals surface area contributed by atoms with Crippen LogP contribution in [0.25, 0.3) is 0 Å². The lowest BCUT2D eigenvalue weighted by atomic mass is 10.1. The standard InChI is InChI=1S/C14H19N5O2/c1-10-16-12(7-14(20)17-10)13-9-21-6-5-19(13)8-11-3-4-15-18(11)2/h3-4,7,13H,5-6,8-9H2,1-2H3,(H,16,17,20)/t13-/m0/s1. The molecule has 1 saturated heterocycles. The number of aryl methyl sites for hydroxylation is 2. The van der Waals surface area contributed by atoms with Crippen molar-refractivity contribution in [1.29, 1.82) is 0 Å². The highest BCUT2D eigenvalue weighted by molar-refractivity contribution is 5.10. The van der Waals surface area contributed by atoms with Crippen molar-refractivity contribution in [3.63, 3.8) is 0 Å². The quantitative estimate of drug-likeness (QED) is 0.884. The third-order valence-electron chi connectivity index (χ3n) is 3.75. The second-order valence-corrected chi connectivity index (χ2v) is 5.26. The van der Waals surface area contributed by atoms with Crippen LogP contribution in [0.1, 0.15) is 23.3 Å². The Labute approximate surface area is 122 Å². The van der Waals surface area contributed by atoms with Crippen LogP contribution in [-0.4, -0.2) is 44.4 Å². The smallest absolute Gasteiger partial charge is 0.251 e. The number of hydrogen-bond acceptors (Lipinski definition) is 5. The lowest BCUT2D eigenvalue weighted by Gasteiger charge is -2.35. The summed E-state index contributed by atoms with van der Waals surface area (Å²) in [5.74, 6) is 0.628. The molecule has 0 unspecified atom stereocenters. The van der Waals surface area contributed by atoms with E-state index in [9.17, 15) is 4.79 Å². The fraction of sp³-hybridized carbons (Fsp3) is 0.500. The number of morpholine rings is 1. The van der Waals surface area contributed by atoms with Crippen molar-refractivity contribution in [2.75, 3.05) is 19.8 Å². The second kappa shape index (κ2) is 5.79. The van der Waals surface area contributed by atoms with Gasteiger partial charge in [-0.3, -0.25) is 14.4 Å². The van der Waals surface area contributed by atoms with E-state index in [1.54, 1.807) is 19.2 Å². The van der Waals surface area contributed by atoms with E-state index in [1.165, 1.54) is 0 Å². The van der Waals surface area contributed by atoms with Crippen LogP contribution in [0.5, 0.6) is 0 Å². The van der Waals surface area contributed by atoms with Gasteiger partial charge in [-0.2, -0.15) is 5.10 Å². The van der Waals surface area contributed by atoms with Crippen molar-refractivity contribution in [1.82, 2.24) is 24.6 Å². The molecule has 7 nitrogen and oxygen atoms in total. The molecule has 1 aliphatic heterocycles. The summed E-state index contributed by atoms with van der Waals surface area (Å²) in [7, 11) is 1.93. The van der Waals surface area contributed by atoms with E-state index >= 15 is 0 Å². The number of aromatic amines is 1. The summed E-state index contributed by atoms with van der Waals surface area (Å²) in [6, 6.07) is 3.56. The molecule has 3 heterocycles. The molecule has 7 heteroatoms. The Balaban J connectivity index is 1.87. The molecular weight excluding hydrogens is 270 g/mol. The highest BCUT2D eigenvalue weighted by Gasteiger charge is 2.27. The zero-order valence-corrected chi connectivity index (χ0v) is 12.2. The summed E-state index contributed by atoms with van der Waals surface area (Å²) >= 11 is 0. The van der Waals surface area contributed by atoms with Crippen molar-refractivity contribution in [3.8, 4) is 0 Å². The van der Waals surface area contributed by atoms with E-state index in [2.05, 4.69) is 20.0 Å². The zero-order chi connectivity index (χ0) is 14.8. The molecule has 1 fully saturated rings. The van der Waals surface area contributed by atoms with E-state index in [0.717, 1.165) is 24.5 Å². The van der Waals surface area contributed by atoms with E-state index in [1.807, 2.05) is 17.8 Å². The molecule has 2 aromatic rings. The van der Waals surface area contributed by atoms with Gasteiger partial charge in [0.15, 0.2) is 0 Å². The number of ether oxygens (including phenoxy) is 1. The molecule has 1 atom stereocenters. The fourth-order valence-electron chi connectivity index (χ4n) is 2.64. The number of hydrogen-bond donors (Lipinski definition) is 1. The molecule has 1 N–H and O–H groups in total. The predicted molar refractivity (Wildman–Crippen MR) is 76.8 cm³/mol. The maximum Gasteiger partial charge on any atom is 0.251 e. The summed E-state index contributed by atoms with van der Waals surface area (Å²) < 4.78 is 7.44. The molecule has 2 aromatic heterocycles. The van der Waals surface area contributed by atoms with E-state index in [-0.39, 0.29) is 11.6 Å². The number of H-pyrrole nitrogens is 1. The van der Waals surface area contributed by atoms with Crippen LogP contribution in [0.2, 0.25) is 0 Å². The van der Waals surface area contributed by atoms with Gasteiger partial charge < -0.3 is 9.72 Å². The molecule has 0 saturated carbocycles. The average Bonchev–Trinajstić information content (AvgIpc) is 2.84. The fourth-order valence-corrected chi connectivity index (χ4v) is 2.64. The summed E-state index contributed by atoms with van der Waals surface area (Å²) in [6.07, 6.45) is 1.79. The lowest BCUT2D eigenvalue weighted by Crippen LogP contribution is -2.40. The molecular formula is C14H19N5O2. The maximum atomic E-state index is 11.7. The molecule has 21 heavy (non-hydrogen) atoms. The first kappa shape index (κ1) is 14.0. The zero-order valence-electron chi connectivity index (χ0n) is 12.2. The minimum absolute atomic E-state index is 0.00495. The average molecular weight is 289 g/mol. The summed E-state index contributed by atoms with van der Waals surface area (Å²) in [4.78, 5) is 21.1. The minimum atomic E-state index is -0.122. The van der Waals surface area contributed by atoms with Gasteiger partial charge in [-0.25, -0.2) is 4.98 Å². The largest absolute Gasteiger partial charge is 0.378 e.